The maximum Gasteiger partial charge on any atom is 0.238 e. The highest BCUT2D eigenvalue weighted by Crippen LogP contribution is 2.19. The Balaban J connectivity index is 2.01. The molecule has 6 heteroatoms. The van der Waals surface area contributed by atoms with Crippen LogP contribution in [-0.4, -0.2) is 48.2 Å². The van der Waals surface area contributed by atoms with Crippen LogP contribution in [0.15, 0.2) is 54.6 Å². The molecule has 0 fully saturated rings. The van der Waals surface area contributed by atoms with Gasteiger partial charge in [-0.1, -0.05) is 42.5 Å². The predicted molar refractivity (Wildman–Crippen MR) is 110 cm³/mol. The monoisotopic (exact) mass is 381 g/mol. The van der Waals surface area contributed by atoms with E-state index in [-0.39, 0.29) is 36.2 Å². The Morgan fingerprint density at radius 3 is 2.07 bits per heavy atom. The fraction of sp³-hybridized carbons (Fsp3) is 0.318. The van der Waals surface area contributed by atoms with Crippen molar-refractivity contribution in [2.45, 2.75) is 26.3 Å². The number of benzene rings is 2. The van der Waals surface area contributed by atoms with E-state index in [9.17, 15) is 14.4 Å². The quantitative estimate of drug-likeness (QED) is 0.723. The minimum Gasteiger partial charge on any atom is -0.350 e. The van der Waals surface area contributed by atoms with Gasteiger partial charge in [-0.3, -0.25) is 19.3 Å². The van der Waals surface area contributed by atoms with Crippen LogP contribution in [0, 0.1) is 0 Å². The van der Waals surface area contributed by atoms with Crippen molar-refractivity contribution in [1.82, 2.24) is 10.2 Å². The highest BCUT2D eigenvalue weighted by atomic mass is 16.2. The van der Waals surface area contributed by atoms with Crippen LogP contribution in [0.1, 0.15) is 36.7 Å². The number of hydrogen-bond donors (Lipinski definition) is 2. The van der Waals surface area contributed by atoms with E-state index in [1.807, 2.05) is 26.8 Å². The van der Waals surface area contributed by atoms with Crippen molar-refractivity contribution in [3.63, 3.8) is 0 Å². The minimum absolute atomic E-state index is 0.0332. The fourth-order valence-electron chi connectivity index (χ4n) is 2.73. The van der Waals surface area contributed by atoms with E-state index in [2.05, 4.69) is 10.6 Å². The summed E-state index contributed by atoms with van der Waals surface area (Å²) in [5.41, 5.74) is 1.11. The van der Waals surface area contributed by atoms with Crippen LogP contribution in [0.3, 0.4) is 0 Å². The average Bonchev–Trinajstić information content (AvgIpc) is 2.60. The Hall–Kier alpha value is -2.99. The molecule has 6 nitrogen and oxygen atoms in total. The molecule has 0 aliphatic heterocycles. The first-order valence-corrected chi connectivity index (χ1v) is 9.14. The summed E-state index contributed by atoms with van der Waals surface area (Å²) in [6, 6.07) is 15.8. The van der Waals surface area contributed by atoms with Gasteiger partial charge >= 0.3 is 0 Å². The van der Waals surface area contributed by atoms with Gasteiger partial charge in [0.05, 0.1) is 18.8 Å². The number of para-hydroxylation sites is 1. The Kier molecular flexibility index (Phi) is 7.06. The molecule has 0 saturated heterocycles. The van der Waals surface area contributed by atoms with Gasteiger partial charge in [-0.05, 0) is 40.0 Å². The van der Waals surface area contributed by atoms with Crippen LogP contribution in [0.4, 0.5) is 5.69 Å². The van der Waals surface area contributed by atoms with Crippen LogP contribution in [0.25, 0.3) is 0 Å². The number of carbonyl (C=O) groups is 3. The SMILES string of the molecule is CN(CC(=O)Nc1ccccc1C(=O)c1ccccc1)CC(=O)NC(C)(C)C. The average molecular weight is 381 g/mol. The second-order valence-corrected chi connectivity index (χ2v) is 7.76. The molecule has 2 amide bonds. The molecule has 28 heavy (non-hydrogen) atoms. The third kappa shape index (κ3) is 6.63. The van der Waals surface area contributed by atoms with Gasteiger partial charge in [-0.15, -0.1) is 0 Å². The summed E-state index contributed by atoms with van der Waals surface area (Å²) < 4.78 is 0. The van der Waals surface area contributed by atoms with E-state index in [4.69, 9.17) is 0 Å². The molecule has 0 spiro atoms. The van der Waals surface area contributed by atoms with E-state index < -0.39 is 0 Å². The van der Waals surface area contributed by atoms with Crippen molar-refractivity contribution in [2.75, 3.05) is 25.5 Å². The van der Waals surface area contributed by atoms with Gasteiger partial charge in [0.1, 0.15) is 0 Å². The number of anilines is 1. The first kappa shape index (κ1) is 21.3. The maximum absolute atomic E-state index is 12.7. The van der Waals surface area contributed by atoms with Crippen LogP contribution in [-0.2, 0) is 9.59 Å². The van der Waals surface area contributed by atoms with Crippen molar-refractivity contribution in [2.24, 2.45) is 0 Å². The second kappa shape index (κ2) is 9.28. The van der Waals surface area contributed by atoms with E-state index in [0.717, 1.165) is 0 Å². The van der Waals surface area contributed by atoms with E-state index >= 15 is 0 Å². The van der Waals surface area contributed by atoms with E-state index in [0.29, 0.717) is 16.8 Å². The molecule has 0 bridgehead atoms. The summed E-state index contributed by atoms with van der Waals surface area (Å²) in [6.45, 7) is 5.84. The van der Waals surface area contributed by atoms with Crippen molar-refractivity contribution >= 4 is 23.3 Å². The number of hydrogen-bond acceptors (Lipinski definition) is 4. The van der Waals surface area contributed by atoms with Gasteiger partial charge in [0, 0.05) is 16.7 Å². The summed E-state index contributed by atoms with van der Waals surface area (Å²) in [5.74, 6) is -0.601. The lowest BCUT2D eigenvalue weighted by Gasteiger charge is -2.23. The Morgan fingerprint density at radius 2 is 1.43 bits per heavy atom. The molecular weight excluding hydrogens is 354 g/mol. The second-order valence-electron chi connectivity index (χ2n) is 7.76. The molecule has 0 aliphatic rings. The van der Waals surface area contributed by atoms with Gasteiger partial charge in [-0.25, -0.2) is 0 Å². The lowest BCUT2D eigenvalue weighted by atomic mass is 10.0. The number of amides is 2. The summed E-state index contributed by atoms with van der Waals surface area (Å²) >= 11 is 0. The molecule has 2 aromatic rings. The van der Waals surface area contributed by atoms with Crippen molar-refractivity contribution < 1.29 is 14.4 Å². The molecule has 0 radical (unpaired) electrons. The van der Waals surface area contributed by atoms with Gasteiger partial charge < -0.3 is 10.6 Å². The highest BCUT2D eigenvalue weighted by Gasteiger charge is 2.18. The molecule has 148 valence electrons. The fourth-order valence-corrected chi connectivity index (χ4v) is 2.73. The zero-order chi connectivity index (χ0) is 20.7. The smallest absolute Gasteiger partial charge is 0.238 e. The summed E-state index contributed by atoms with van der Waals surface area (Å²) in [4.78, 5) is 38.7. The number of carbonyl (C=O) groups excluding carboxylic acids is 3. The molecule has 0 unspecified atom stereocenters. The molecule has 2 N–H and O–H groups in total. The third-order valence-electron chi connectivity index (χ3n) is 3.82. The van der Waals surface area contributed by atoms with Crippen LogP contribution >= 0.6 is 0 Å². The molecular formula is C22H27N3O3. The molecule has 0 heterocycles. The van der Waals surface area contributed by atoms with Crippen molar-refractivity contribution in [3.05, 3.63) is 65.7 Å². The number of nitrogens with zero attached hydrogens (tertiary/aromatic N) is 1. The lowest BCUT2D eigenvalue weighted by molar-refractivity contribution is -0.124. The molecule has 0 saturated carbocycles. The first-order valence-electron chi connectivity index (χ1n) is 9.14. The van der Waals surface area contributed by atoms with Crippen molar-refractivity contribution in [3.8, 4) is 0 Å². The Morgan fingerprint density at radius 1 is 0.857 bits per heavy atom. The van der Waals surface area contributed by atoms with Gasteiger partial charge in [-0.2, -0.15) is 0 Å². The standard InChI is InChI=1S/C22H27N3O3/c1-22(2,3)24-20(27)15-25(4)14-19(26)23-18-13-9-8-12-17(18)21(28)16-10-6-5-7-11-16/h5-13H,14-15H2,1-4H3,(H,23,26)(H,24,27). The van der Waals surface area contributed by atoms with Gasteiger partial charge in [0.25, 0.3) is 0 Å². The summed E-state index contributed by atoms with van der Waals surface area (Å²) in [6.07, 6.45) is 0. The number of ketones is 1. The van der Waals surface area contributed by atoms with Crippen LogP contribution in [0.2, 0.25) is 0 Å². The largest absolute Gasteiger partial charge is 0.350 e. The molecule has 2 rings (SSSR count). The van der Waals surface area contributed by atoms with Gasteiger partial charge in [0.2, 0.25) is 11.8 Å². The topological polar surface area (TPSA) is 78.5 Å². The summed E-state index contributed by atoms with van der Waals surface area (Å²) in [7, 11) is 1.70. The van der Waals surface area contributed by atoms with E-state index in [1.54, 1.807) is 60.5 Å². The normalized spacial score (nSPS) is 11.2. The highest BCUT2D eigenvalue weighted by molar-refractivity contribution is 6.13. The molecule has 0 aromatic heterocycles. The zero-order valence-corrected chi connectivity index (χ0v) is 16.8. The molecule has 0 atom stereocenters. The molecule has 2 aromatic carbocycles. The Labute approximate surface area is 165 Å². The Bertz CT molecular complexity index is 842. The number of likely N-dealkylation sites (N-methyl/N-ethyl adjacent to an activating group) is 1. The van der Waals surface area contributed by atoms with Crippen LogP contribution < -0.4 is 10.6 Å². The van der Waals surface area contributed by atoms with Crippen LogP contribution in [0.5, 0.6) is 0 Å². The van der Waals surface area contributed by atoms with E-state index in [1.165, 1.54) is 0 Å². The molecule has 0 aliphatic carbocycles. The van der Waals surface area contributed by atoms with Gasteiger partial charge in [0.15, 0.2) is 5.78 Å². The minimum atomic E-state index is -0.322. The maximum atomic E-state index is 12.7. The number of nitrogens with one attached hydrogen (secondary N) is 2. The first-order chi connectivity index (χ1) is 13.2. The van der Waals surface area contributed by atoms with Crippen molar-refractivity contribution in [1.29, 1.82) is 0 Å². The lowest BCUT2D eigenvalue weighted by Crippen LogP contribution is -2.46. The predicted octanol–water partition coefficient (Wildman–Crippen LogP) is 2.70. The summed E-state index contributed by atoms with van der Waals surface area (Å²) in [5, 5.41) is 5.64. The zero-order valence-electron chi connectivity index (χ0n) is 16.8. The number of rotatable bonds is 7. The third-order valence-corrected chi connectivity index (χ3v) is 3.82.